The zero-order chi connectivity index (χ0) is 25.1. The molecule has 3 aromatic rings. The summed E-state index contributed by atoms with van der Waals surface area (Å²) in [6.45, 7) is -0.506. The number of fused-ring (bicyclic) bond motifs is 1. The Balaban J connectivity index is 1.44. The van der Waals surface area contributed by atoms with Crippen LogP contribution in [-0.2, 0) is 9.53 Å². The van der Waals surface area contributed by atoms with Crippen LogP contribution in [0.15, 0.2) is 83.6 Å². The lowest BCUT2D eigenvalue weighted by atomic mass is 9.77. The lowest BCUT2D eigenvalue weighted by Gasteiger charge is -2.29. The highest BCUT2D eigenvalue weighted by Gasteiger charge is 2.43. The van der Waals surface area contributed by atoms with Crippen LogP contribution in [0.1, 0.15) is 46.9 Å². The van der Waals surface area contributed by atoms with E-state index in [1.54, 1.807) is 36.4 Å². The van der Waals surface area contributed by atoms with Gasteiger partial charge < -0.3 is 4.74 Å². The lowest BCUT2D eigenvalue weighted by molar-refractivity contribution is -0.137. The zero-order valence-electron chi connectivity index (χ0n) is 19.3. The molecular formula is C28H23F2N3O3. The molecule has 6 nitrogen and oxygen atoms in total. The molecule has 0 saturated heterocycles. The number of nitrogens with zero attached hydrogens (tertiary/aromatic N) is 3. The van der Waals surface area contributed by atoms with E-state index in [-0.39, 0.29) is 23.2 Å². The number of allylic oxidation sites excluding steroid dienone is 1. The van der Waals surface area contributed by atoms with Crippen LogP contribution in [0.5, 0.6) is 0 Å². The van der Waals surface area contributed by atoms with Gasteiger partial charge >= 0.3 is 5.97 Å². The van der Waals surface area contributed by atoms with Gasteiger partial charge in [-0.15, -0.1) is 0 Å². The number of hydrogen-bond donors (Lipinski definition) is 0. The standard InChI is InChI=1S/C28H23F2N3O3/c29-21-11-7-18(8-12-21)16-20-4-3-5-23-26(20)32-33(27(23)19-9-13-22(30)14-10-19)25(34)17-36-28(35)24-6-1-2-15-31-24/h1-2,6-16,23,27H,3-5,17H2. The summed E-state index contributed by atoms with van der Waals surface area (Å²) in [6, 6.07) is 16.6. The molecule has 1 aliphatic heterocycles. The summed E-state index contributed by atoms with van der Waals surface area (Å²) in [5.74, 6) is -1.99. The van der Waals surface area contributed by atoms with Gasteiger partial charge in [0.05, 0.1) is 11.8 Å². The van der Waals surface area contributed by atoms with Crippen molar-refractivity contribution in [2.45, 2.75) is 25.3 Å². The van der Waals surface area contributed by atoms with Gasteiger partial charge in [0.25, 0.3) is 5.91 Å². The topological polar surface area (TPSA) is 71.9 Å². The number of carbonyl (C=O) groups excluding carboxylic acids is 2. The van der Waals surface area contributed by atoms with Gasteiger partial charge in [0.1, 0.15) is 17.3 Å². The Kier molecular flexibility index (Phi) is 6.66. The number of ether oxygens (including phenoxy) is 1. The predicted octanol–water partition coefficient (Wildman–Crippen LogP) is 5.34. The van der Waals surface area contributed by atoms with E-state index in [1.165, 1.54) is 41.5 Å². The summed E-state index contributed by atoms with van der Waals surface area (Å²) in [6.07, 6.45) is 5.86. The summed E-state index contributed by atoms with van der Waals surface area (Å²) >= 11 is 0. The van der Waals surface area contributed by atoms with Crippen LogP contribution in [-0.4, -0.2) is 34.2 Å². The van der Waals surface area contributed by atoms with E-state index in [9.17, 15) is 18.4 Å². The number of halogens is 2. The maximum absolute atomic E-state index is 13.7. The minimum Gasteiger partial charge on any atom is -0.451 e. The van der Waals surface area contributed by atoms with Gasteiger partial charge in [-0.1, -0.05) is 30.3 Å². The molecule has 2 atom stereocenters. The largest absolute Gasteiger partial charge is 0.451 e. The van der Waals surface area contributed by atoms with E-state index in [4.69, 9.17) is 9.84 Å². The molecule has 1 aromatic heterocycles. The van der Waals surface area contributed by atoms with Crippen LogP contribution in [0.25, 0.3) is 6.08 Å². The maximum Gasteiger partial charge on any atom is 0.357 e. The van der Waals surface area contributed by atoms with E-state index in [0.29, 0.717) is 0 Å². The molecule has 8 heteroatoms. The molecule has 0 spiro atoms. The molecule has 1 amide bonds. The Morgan fingerprint density at radius 2 is 1.72 bits per heavy atom. The van der Waals surface area contributed by atoms with Crippen molar-refractivity contribution in [3.63, 3.8) is 0 Å². The summed E-state index contributed by atoms with van der Waals surface area (Å²) in [5, 5.41) is 6.04. The molecular weight excluding hydrogens is 464 g/mol. The second-order valence-corrected chi connectivity index (χ2v) is 8.73. The van der Waals surface area contributed by atoms with Gasteiger partial charge in [0, 0.05) is 12.1 Å². The van der Waals surface area contributed by atoms with Crippen molar-refractivity contribution in [1.29, 1.82) is 0 Å². The minimum atomic E-state index is -0.705. The van der Waals surface area contributed by atoms with Crippen molar-refractivity contribution in [1.82, 2.24) is 9.99 Å². The number of hydrazone groups is 1. The Morgan fingerprint density at radius 1 is 1.00 bits per heavy atom. The summed E-state index contributed by atoms with van der Waals surface area (Å²) in [7, 11) is 0. The van der Waals surface area contributed by atoms with Crippen molar-refractivity contribution >= 4 is 23.7 Å². The number of amides is 1. The minimum absolute atomic E-state index is 0.103. The number of pyridine rings is 1. The first-order chi connectivity index (χ1) is 17.5. The molecule has 1 aliphatic carbocycles. The second kappa shape index (κ2) is 10.2. The van der Waals surface area contributed by atoms with Crippen molar-refractivity contribution in [3.8, 4) is 0 Å². The highest BCUT2D eigenvalue weighted by atomic mass is 19.1. The molecule has 2 aliphatic rings. The number of carbonyl (C=O) groups is 2. The molecule has 2 heterocycles. The SMILES string of the molecule is O=C(OCC(=O)N1N=C2C(=Cc3ccc(F)cc3)CCCC2C1c1ccc(F)cc1)c1ccccn1. The Bertz CT molecular complexity index is 1320. The van der Waals surface area contributed by atoms with Gasteiger partial charge in [-0.2, -0.15) is 5.10 Å². The van der Waals surface area contributed by atoms with Crippen molar-refractivity contribution < 1.29 is 23.1 Å². The molecule has 0 bridgehead atoms. The average molecular weight is 488 g/mol. The number of benzene rings is 2. The quantitative estimate of drug-likeness (QED) is 0.456. The van der Waals surface area contributed by atoms with Gasteiger partial charge in [-0.3, -0.25) is 4.79 Å². The van der Waals surface area contributed by atoms with Crippen molar-refractivity contribution in [3.05, 3.63) is 107 Å². The molecule has 0 N–H and O–H groups in total. The Morgan fingerprint density at radius 3 is 2.42 bits per heavy atom. The molecule has 182 valence electrons. The van der Waals surface area contributed by atoms with Crippen molar-refractivity contribution in [2.75, 3.05) is 6.61 Å². The highest BCUT2D eigenvalue weighted by molar-refractivity contribution is 6.08. The molecule has 0 radical (unpaired) electrons. The smallest absolute Gasteiger partial charge is 0.357 e. The number of esters is 1. The summed E-state index contributed by atoms with van der Waals surface area (Å²) < 4.78 is 32.2. The highest BCUT2D eigenvalue weighted by Crippen LogP contribution is 2.44. The lowest BCUT2D eigenvalue weighted by Crippen LogP contribution is -2.34. The van der Waals surface area contributed by atoms with Crippen molar-refractivity contribution in [2.24, 2.45) is 11.0 Å². The fourth-order valence-corrected chi connectivity index (χ4v) is 4.71. The number of rotatable bonds is 5. The van der Waals surface area contributed by atoms with E-state index in [2.05, 4.69) is 4.98 Å². The number of aromatic nitrogens is 1. The third-order valence-corrected chi connectivity index (χ3v) is 6.38. The van der Waals surface area contributed by atoms with Gasteiger partial charge in [0.15, 0.2) is 6.61 Å². The molecule has 36 heavy (non-hydrogen) atoms. The third kappa shape index (κ3) is 4.93. The fraction of sp³-hybridized carbons (Fsp3) is 0.214. The predicted molar refractivity (Wildman–Crippen MR) is 130 cm³/mol. The van der Waals surface area contributed by atoms with Crippen LogP contribution in [0.3, 0.4) is 0 Å². The molecule has 2 aromatic carbocycles. The molecule has 5 rings (SSSR count). The van der Waals surface area contributed by atoms with E-state index < -0.39 is 24.5 Å². The first kappa shape index (κ1) is 23.5. The van der Waals surface area contributed by atoms with Gasteiger partial charge in [-0.25, -0.2) is 23.6 Å². The van der Waals surface area contributed by atoms with Gasteiger partial charge in [-0.05, 0) is 78.4 Å². The molecule has 1 fully saturated rings. The van der Waals surface area contributed by atoms with Crippen LogP contribution >= 0.6 is 0 Å². The zero-order valence-corrected chi connectivity index (χ0v) is 19.3. The van der Waals surface area contributed by atoms with Crippen LogP contribution in [0.2, 0.25) is 0 Å². The van der Waals surface area contributed by atoms with E-state index in [0.717, 1.165) is 41.7 Å². The second-order valence-electron chi connectivity index (χ2n) is 8.73. The third-order valence-electron chi connectivity index (χ3n) is 6.38. The monoisotopic (exact) mass is 487 g/mol. The van der Waals surface area contributed by atoms with Crippen LogP contribution < -0.4 is 0 Å². The van der Waals surface area contributed by atoms with E-state index in [1.807, 2.05) is 6.08 Å². The maximum atomic E-state index is 13.7. The molecule has 2 unspecified atom stereocenters. The van der Waals surface area contributed by atoms with Gasteiger partial charge in [0.2, 0.25) is 0 Å². The summed E-state index contributed by atoms with van der Waals surface area (Å²) in [5.41, 5.74) is 3.41. The van der Waals surface area contributed by atoms with Crippen LogP contribution in [0.4, 0.5) is 8.78 Å². The number of hydrogen-bond acceptors (Lipinski definition) is 5. The molecule has 1 saturated carbocycles. The summed E-state index contributed by atoms with van der Waals surface area (Å²) in [4.78, 5) is 29.5. The first-order valence-corrected chi connectivity index (χ1v) is 11.7. The first-order valence-electron chi connectivity index (χ1n) is 11.7. The fourth-order valence-electron chi connectivity index (χ4n) is 4.71. The average Bonchev–Trinajstić information content (AvgIpc) is 3.30. The Labute approximate surface area is 206 Å². The van der Waals surface area contributed by atoms with E-state index >= 15 is 0 Å². The normalized spacial score (nSPS) is 20.1. The Hall–Kier alpha value is -4.20. The van der Waals surface area contributed by atoms with Crippen LogP contribution in [0, 0.1) is 17.6 Å².